The summed E-state index contributed by atoms with van der Waals surface area (Å²) in [6, 6.07) is 9.65. The normalized spacial score (nSPS) is 18.7. The van der Waals surface area contributed by atoms with E-state index in [1.807, 2.05) is 0 Å². The van der Waals surface area contributed by atoms with Gasteiger partial charge in [-0.1, -0.05) is 29.8 Å². The molecule has 0 saturated carbocycles. The van der Waals surface area contributed by atoms with Crippen LogP contribution in [0.2, 0.25) is 5.02 Å². The molecule has 0 bridgehead atoms. The van der Waals surface area contributed by atoms with Crippen molar-refractivity contribution in [3.8, 4) is 0 Å². The Morgan fingerprint density at radius 1 is 1.17 bits per heavy atom. The van der Waals surface area contributed by atoms with E-state index >= 15 is 0 Å². The van der Waals surface area contributed by atoms with Gasteiger partial charge < -0.3 is 14.9 Å². The summed E-state index contributed by atoms with van der Waals surface area (Å²) in [5.41, 5.74) is 1.15. The Morgan fingerprint density at radius 2 is 1.97 bits per heavy atom. The number of fused-ring (bicyclic) bond motifs is 1. The van der Waals surface area contributed by atoms with Gasteiger partial charge in [-0.15, -0.1) is 12.4 Å². The number of hydrogen-bond acceptors (Lipinski definition) is 5. The zero-order valence-corrected chi connectivity index (χ0v) is 16.5. The molecule has 0 saturated heterocycles. The lowest BCUT2D eigenvalue weighted by Crippen LogP contribution is -2.47. The second-order valence-electron chi connectivity index (χ2n) is 6.44. The molecule has 2 aliphatic rings. The zero-order valence-electron chi connectivity index (χ0n) is 15.0. The number of hydrogen-bond donors (Lipinski definition) is 1. The highest BCUT2D eigenvalue weighted by atomic mass is 35.5. The van der Waals surface area contributed by atoms with Gasteiger partial charge in [0.1, 0.15) is 12.4 Å². The first kappa shape index (κ1) is 21.0. The van der Waals surface area contributed by atoms with E-state index < -0.39 is 17.7 Å². The van der Waals surface area contributed by atoms with Gasteiger partial charge in [0.05, 0.1) is 28.5 Å². The number of nitrogens with zero attached hydrogens (tertiary/aromatic N) is 3. The van der Waals surface area contributed by atoms with Gasteiger partial charge in [0.15, 0.2) is 6.10 Å². The molecule has 0 aliphatic carbocycles. The second kappa shape index (κ2) is 8.32. The number of benzene rings is 1. The van der Waals surface area contributed by atoms with Crippen molar-refractivity contribution in [2.24, 2.45) is 0 Å². The molecular weight excluding hydrogens is 420 g/mol. The summed E-state index contributed by atoms with van der Waals surface area (Å²) in [6.45, 7) is -0.144. The SMILES string of the molecule is Cl.O=C1C(c2ccccn2)=CN2CC(=O)N(Cc3cccc(Cl)c3F)C=C2C1O. The molecular formula is C20H16Cl2FN3O3. The van der Waals surface area contributed by atoms with Gasteiger partial charge in [-0.3, -0.25) is 14.6 Å². The third kappa shape index (κ3) is 3.89. The highest BCUT2D eigenvalue weighted by molar-refractivity contribution is 6.30. The Labute approximate surface area is 177 Å². The molecule has 1 aromatic carbocycles. The number of aliphatic hydroxyl groups excluding tert-OH is 1. The molecule has 29 heavy (non-hydrogen) atoms. The summed E-state index contributed by atoms with van der Waals surface area (Å²) in [5.74, 6) is -1.42. The molecule has 2 aliphatic heterocycles. The molecule has 4 rings (SSSR count). The van der Waals surface area contributed by atoms with Crippen LogP contribution in [0.3, 0.4) is 0 Å². The first-order chi connectivity index (χ1) is 13.5. The Balaban J connectivity index is 0.00000240. The number of rotatable bonds is 3. The predicted octanol–water partition coefficient (Wildman–Crippen LogP) is 2.77. The van der Waals surface area contributed by atoms with Crippen molar-refractivity contribution in [3.63, 3.8) is 0 Å². The van der Waals surface area contributed by atoms with Crippen molar-refractivity contribution in [3.05, 3.63) is 82.8 Å². The number of carbonyl (C=O) groups excluding carboxylic acids is 2. The minimum atomic E-state index is -1.44. The lowest BCUT2D eigenvalue weighted by atomic mass is 9.96. The van der Waals surface area contributed by atoms with Crippen molar-refractivity contribution >= 4 is 41.3 Å². The van der Waals surface area contributed by atoms with Crippen LogP contribution in [-0.4, -0.2) is 44.2 Å². The van der Waals surface area contributed by atoms with Crippen LogP contribution in [0.25, 0.3) is 5.57 Å². The number of ketones is 1. The molecule has 9 heteroatoms. The third-order valence-corrected chi connectivity index (χ3v) is 4.93. The topological polar surface area (TPSA) is 73.7 Å². The highest BCUT2D eigenvalue weighted by Gasteiger charge is 2.37. The average molecular weight is 436 g/mol. The Bertz CT molecular complexity index is 1030. The van der Waals surface area contributed by atoms with Gasteiger partial charge in [-0.05, 0) is 18.2 Å². The van der Waals surface area contributed by atoms with Crippen LogP contribution >= 0.6 is 24.0 Å². The maximum Gasteiger partial charge on any atom is 0.246 e. The molecule has 1 atom stereocenters. The van der Waals surface area contributed by atoms with Crippen molar-refractivity contribution < 1.29 is 19.1 Å². The number of pyridine rings is 1. The molecule has 150 valence electrons. The van der Waals surface area contributed by atoms with Gasteiger partial charge in [0.2, 0.25) is 11.7 Å². The van der Waals surface area contributed by atoms with E-state index in [2.05, 4.69) is 4.98 Å². The summed E-state index contributed by atoms with van der Waals surface area (Å²) >= 11 is 5.79. The van der Waals surface area contributed by atoms with E-state index in [0.717, 1.165) is 0 Å². The lowest BCUT2D eigenvalue weighted by molar-refractivity contribution is -0.132. The molecule has 0 spiro atoms. The van der Waals surface area contributed by atoms with E-state index in [-0.39, 0.29) is 53.3 Å². The van der Waals surface area contributed by atoms with Crippen LogP contribution in [-0.2, 0) is 16.1 Å². The number of amides is 1. The summed E-state index contributed by atoms with van der Waals surface area (Å²) in [5, 5.41) is 10.5. The lowest BCUT2D eigenvalue weighted by Gasteiger charge is -2.37. The number of carbonyl (C=O) groups is 2. The zero-order chi connectivity index (χ0) is 19.8. The van der Waals surface area contributed by atoms with Crippen molar-refractivity contribution in [1.82, 2.24) is 14.8 Å². The van der Waals surface area contributed by atoms with Crippen LogP contribution in [0, 0.1) is 5.82 Å². The van der Waals surface area contributed by atoms with Crippen LogP contribution in [0.4, 0.5) is 4.39 Å². The molecule has 2 aromatic rings. The van der Waals surface area contributed by atoms with Gasteiger partial charge in [-0.25, -0.2) is 4.39 Å². The Hall–Kier alpha value is -2.74. The van der Waals surface area contributed by atoms with Gasteiger partial charge in [0, 0.05) is 24.2 Å². The number of aromatic nitrogens is 1. The summed E-state index contributed by atoms with van der Waals surface area (Å²) in [6.07, 6.45) is 2.99. The predicted molar refractivity (Wildman–Crippen MR) is 107 cm³/mol. The number of Topliss-reactive ketones (excluding diaryl/α,β-unsaturated/α-hetero) is 1. The molecule has 1 N–H and O–H groups in total. The Kier molecular flexibility index (Phi) is 6.02. The summed E-state index contributed by atoms with van der Waals surface area (Å²) in [4.78, 5) is 32.1. The fourth-order valence-electron chi connectivity index (χ4n) is 3.18. The Morgan fingerprint density at radius 3 is 2.69 bits per heavy atom. The molecule has 6 nitrogen and oxygen atoms in total. The van der Waals surface area contributed by atoms with Crippen molar-refractivity contribution in [2.75, 3.05) is 6.54 Å². The smallest absolute Gasteiger partial charge is 0.246 e. The fourth-order valence-corrected chi connectivity index (χ4v) is 3.38. The van der Waals surface area contributed by atoms with E-state index in [4.69, 9.17) is 11.6 Å². The monoisotopic (exact) mass is 435 g/mol. The summed E-state index contributed by atoms with van der Waals surface area (Å²) < 4.78 is 14.2. The van der Waals surface area contributed by atoms with Crippen molar-refractivity contribution in [2.45, 2.75) is 12.6 Å². The molecule has 3 heterocycles. The highest BCUT2D eigenvalue weighted by Crippen LogP contribution is 2.30. The maximum atomic E-state index is 14.2. The minimum Gasteiger partial charge on any atom is -0.379 e. The first-order valence-electron chi connectivity index (χ1n) is 8.52. The van der Waals surface area contributed by atoms with Crippen LogP contribution in [0.5, 0.6) is 0 Å². The number of halogens is 3. The standard InChI is InChI=1S/C20H15ClFN3O3.ClH/c21-14-5-3-4-12(18(14)22)8-25-10-16-20(28)19(27)13(9-24(16)11-17(25)26)15-6-1-2-7-23-15;/h1-7,9-10,20,28H,8,11H2;1H. The third-order valence-electron chi connectivity index (χ3n) is 4.64. The van der Waals surface area contributed by atoms with Crippen LogP contribution < -0.4 is 0 Å². The van der Waals surface area contributed by atoms with Gasteiger partial charge in [-0.2, -0.15) is 0 Å². The van der Waals surface area contributed by atoms with Crippen LogP contribution in [0.15, 0.2) is 60.7 Å². The first-order valence-corrected chi connectivity index (χ1v) is 8.89. The summed E-state index contributed by atoms with van der Waals surface area (Å²) in [7, 11) is 0. The van der Waals surface area contributed by atoms with E-state index in [0.29, 0.717) is 5.69 Å². The quantitative estimate of drug-likeness (QED) is 0.801. The maximum absolute atomic E-state index is 14.2. The molecule has 1 amide bonds. The van der Waals surface area contributed by atoms with Crippen LogP contribution in [0.1, 0.15) is 11.3 Å². The average Bonchev–Trinajstić information content (AvgIpc) is 2.70. The number of aliphatic hydroxyl groups is 1. The molecule has 0 radical (unpaired) electrons. The van der Waals surface area contributed by atoms with Gasteiger partial charge in [0.25, 0.3) is 0 Å². The molecule has 1 aromatic heterocycles. The van der Waals surface area contributed by atoms with E-state index in [1.54, 1.807) is 30.5 Å². The largest absolute Gasteiger partial charge is 0.379 e. The second-order valence-corrected chi connectivity index (χ2v) is 6.85. The van der Waals surface area contributed by atoms with Crippen molar-refractivity contribution in [1.29, 1.82) is 0 Å². The molecule has 0 fully saturated rings. The molecule has 1 unspecified atom stereocenters. The minimum absolute atomic E-state index is 0. The van der Waals surface area contributed by atoms with E-state index in [1.165, 1.54) is 34.3 Å². The van der Waals surface area contributed by atoms with Gasteiger partial charge >= 0.3 is 0 Å². The fraction of sp³-hybridized carbons (Fsp3) is 0.150. The van der Waals surface area contributed by atoms with E-state index in [9.17, 15) is 19.1 Å².